The van der Waals surface area contributed by atoms with Gasteiger partial charge in [-0.3, -0.25) is 9.59 Å². The van der Waals surface area contributed by atoms with Gasteiger partial charge >= 0.3 is 11.9 Å². The smallest absolute Gasteiger partial charge is 0.306 e. The van der Waals surface area contributed by atoms with Crippen LogP contribution in [0.15, 0.2) is 109 Å². The molecule has 5 heteroatoms. The van der Waals surface area contributed by atoms with Crippen LogP contribution in [0.1, 0.15) is 239 Å². The summed E-state index contributed by atoms with van der Waals surface area (Å²) in [6, 6.07) is 0. The van der Waals surface area contributed by atoms with E-state index >= 15 is 0 Å². The second-order valence-electron chi connectivity index (χ2n) is 17.7. The zero-order valence-electron chi connectivity index (χ0n) is 43.2. The number of esters is 2. The van der Waals surface area contributed by atoms with Gasteiger partial charge < -0.3 is 14.2 Å². The summed E-state index contributed by atoms with van der Waals surface area (Å²) in [7, 11) is 0. The Morgan fingerprint density at radius 2 is 0.712 bits per heavy atom. The topological polar surface area (TPSA) is 61.8 Å². The summed E-state index contributed by atoms with van der Waals surface area (Å²) in [5.41, 5.74) is 0. The second kappa shape index (κ2) is 55.9. The predicted octanol–water partition coefficient (Wildman–Crippen LogP) is 18.8. The van der Waals surface area contributed by atoms with Crippen LogP contribution in [0.5, 0.6) is 0 Å². The molecule has 0 fully saturated rings. The van der Waals surface area contributed by atoms with Gasteiger partial charge in [0.2, 0.25) is 0 Å². The minimum absolute atomic E-state index is 0.0579. The molecule has 0 aliphatic carbocycles. The Morgan fingerprint density at radius 1 is 0.348 bits per heavy atom. The summed E-state index contributed by atoms with van der Waals surface area (Å²) < 4.78 is 17.4. The van der Waals surface area contributed by atoms with E-state index in [4.69, 9.17) is 14.2 Å². The van der Waals surface area contributed by atoms with E-state index in [2.05, 4.69) is 130 Å². The van der Waals surface area contributed by atoms with Crippen LogP contribution in [0.2, 0.25) is 0 Å². The molecule has 0 N–H and O–H groups in total. The van der Waals surface area contributed by atoms with Crippen molar-refractivity contribution in [2.24, 2.45) is 0 Å². The second-order valence-corrected chi connectivity index (χ2v) is 17.7. The monoisotopic (exact) mass is 915 g/mol. The Balaban J connectivity index is 4.37. The standard InChI is InChI=1S/C61H102O5/c1-4-7-10-13-16-19-22-25-28-30-31-33-34-36-39-42-45-48-51-54-60(62)65-58-59(57-64-56-53-50-47-44-41-38-27-24-21-18-15-12-9-6-3)66-61(63)55-52-49-46-43-40-37-35-32-29-26-23-20-17-14-11-8-5-2/h8,11-12,15-17,19-21,24-26,28-29,31,33,35,37,59H,4-7,9-10,13-14,18,22-23,27,30,32,34,36,38-58H2,1-3H3/b11-8-,15-12-,19-16-,20-17-,24-21-,28-25-,29-26-,33-31-,37-35-. The average molecular weight is 915 g/mol. The third-order valence-electron chi connectivity index (χ3n) is 11.2. The van der Waals surface area contributed by atoms with Gasteiger partial charge in [-0.25, -0.2) is 0 Å². The molecule has 66 heavy (non-hydrogen) atoms. The fourth-order valence-electron chi connectivity index (χ4n) is 7.19. The first-order chi connectivity index (χ1) is 32.6. The summed E-state index contributed by atoms with van der Waals surface area (Å²) in [4.78, 5) is 25.5. The Hall–Kier alpha value is -3.44. The van der Waals surface area contributed by atoms with E-state index in [-0.39, 0.29) is 25.2 Å². The van der Waals surface area contributed by atoms with Gasteiger partial charge in [0.1, 0.15) is 6.61 Å². The van der Waals surface area contributed by atoms with Crippen LogP contribution < -0.4 is 0 Å². The molecule has 0 aromatic rings. The van der Waals surface area contributed by atoms with Crippen molar-refractivity contribution >= 4 is 11.9 Å². The first kappa shape index (κ1) is 62.6. The van der Waals surface area contributed by atoms with Crippen molar-refractivity contribution in [1.29, 1.82) is 0 Å². The van der Waals surface area contributed by atoms with Crippen molar-refractivity contribution in [3.8, 4) is 0 Å². The van der Waals surface area contributed by atoms with Gasteiger partial charge in [-0.05, 0) is 122 Å². The first-order valence-electron chi connectivity index (χ1n) is 27.4. The molecule has 0 rings (SSSR count). The van der Waals surface area contributed by atoms with Crippen LogP contribution >= 0.6 is 0 Å². The Kier molecular flexibility index (Phi) is 53.0. The average Bonchev–Trinajstić information content (AvgIpc) is 3.32. The van der Waals surface area contributed by atoms with Gasteiger partial charge in [-0.1, -0.05) is 214 Å². The van der Waals surface area contributed by atoms with Crippen LogP contribution in [0.4, 0.5) is 0 Å². The van der Waals surface area contributed by atoms with E-state index in [1.165, 1.54) is 83.5 Å². The first-order valence-corrected chi connectivity index (χ1v) is 27.4. The summed E-state index contributed by atoms with van der Waals surface area (Å²) in [5, 5.41) is 0. The summed E-state index contributed by atoms with van der Waals surface area (Å²) >= 11 is 0. The molecular weight excluding hydrogens is 813 g/mol. The van der Waals surface area contributed by atoms with Crippen molar-refractivity contribution in [2.75, 3.05) is 19.8 Å². The molecule has 0 aromatic heterocycles. The SMILES string of the molecule is CC/C=C\C/C=C\C/C=C\C/C=C\CCCCCCC(=O)OC(COCCCCCCCC/C=C\C/C=C\CCC)COC(=O)CCCCCCCC/C=C\C/C=C\C/C=C\CCCCC. The number of ether oxygens (including phenoxy) is 3. The molecular formula is C61H102O5. The highest BCUT2D eigenvalue weighted by Crippen LogP contribution is 2.13. The predicted molar refractivity (Wildman–Crippen MR) is 288 cm³/mol. The number of rotatable bonds is 49. The third-order valence-corrected chi connectivity index (χ3v) is 11.2. The fourth-order valence-corrected chi connectivity index (χ4v) is 7.19. The molecule has 5 nitrogen and oxygen atoms in total. The molecule has 0 aliphatic heterocycles. The maximum atomic E-state index is 12.8. The van der Waals surface area contributed by atoms with E-state index in [1.54, 1.807) is 0 Å². The Bertz CT molecular complexity index is 1310. The molecule has 0 saturated heterocycles. The zero-order valence-corrected chi connectivity index (χ0v) is 43.2. The summed E-state index contributed by atoms with van der Waals surface area (Å²) in [6.07, 6.45) is 76.7. The largest absolute Gasteiger partial charge is 0.462 e. The van der Waals surface area contributed by atoms with Crippen LogP contribution in [-0.2, 0) is 23.8 Å². The number of hydrogen-bond acceptors (Lipinski definition) is 5. The molecule has 0 saturated carbocycles. The molecule has 0 heterocycles. The van der Waals surface area contributed by atoms with Crippen molar-refractivity contribution < 1.29 is 23.8 Å². The number of allylic oxidation sites excluding steroid dienone is 18. The van der Waals surface area contributed by atoms with Gasteiger partial charge in [0.15, 0.2) is 6.10 Å². The van der Waals surface area contributed by atoms with Crippen LogP contribution in [-0.4, -0.2) is 37.9 Å². The number of hydrogen-bond donors (Lipinski definition) is 0. The highest BCUT2D eigenvalue weighted by Gasteiger charge is 2.17. The quantitative estimate of drug-likeness (QED) is 0.0346. The van der Waals surface area contributed by atoms with Gasteiger partial charge in [0, 0.05) is 19.4 Å². The van der Waals surface area contributed by atoms with Gasteiger partial charge in [0.25, 0.3) is 0 Å². The minimum Gasteiger partial charge on any atom is -0.462 e. The maximum Gasteiger partial charge on any atom is 0.306 e. The van der Waals surface area contributed by atoms with E-state index in [0.29, 0.717) is 19.4 Å². The van der Waals surface area contributed by atoms with Crippen molar-refractivity contribution in [1.82, 2.24) is 0 Å². The summed E-state index contributed by atoms with van der Waals surface area (Å²) in [6.45, 7) is 7.56. The van der Waals surface area contributed by atoms with Crippen LogP contribution in [0, 0.1) is 0 Å². The molecule has 0 amide bonds. The molecule has 0 aromatic carbocycles. The fraction of sp³-hybridized carbons (Fsp3) is 0.672. The van der Waals surface area contributed by atoms with Crippen LogP contribution in [0.25, 0.3) is 0 Å². The molecule has 0 spiro atoms. The van der Waals surface area contributed by atoms with Crippen molar-refractivity contribution in [3.63, 3.8) is 0 Å². The number of carbonyl (C=O) groups excluding carboxylic acids is 2. The lowest BCUT2D eigenvalue weighted by atomic mass is 10.1. The van der Waals surface area contributed by atoms with Crippen LogP contribution in [0.3, 0.4) is 0 Å². The minimum atomic E-state index is -0.567. The van der Waals surface area contributed by atoms with Crippen molar-refractivity contribution in [2.45, 2.75) is 245 Å². The molecule has 0 aliphatic rings. The number of unbranched alkanes of at least 4 members (excludes halogenated alkanes) is 20. The highest BCUT2D eigenvalue weighted by molar-refractivity contribution is 5.70. The lowest BCUT2D eigenvalue weighted by molar-refractivity contribution is -0.163. The Labute approximate surface area is 408 Å². The van der Waals surface area contributed by atoms with Gasteiger partial charge in [-0.2, -0.15) is 0 Å². The number of carbonyl (C=O) groups is 2. The summed E-state index contributed by atoms with van der Waals surface area (Å²) in [5.74, 6) is -0.448. The highest BCUT2D eigenvalue weighted by atomic mass is 16.6. The van der Waals surface area contributed by atoms with Gasteiger partial charge in [-0.15, -0.1) is 0 Å². The third kappa shape index (κ3) is 53.2. The molecule has 1 unspecified atom stereocenters. The van der Waals surface area contributed by atoms with E-state index < -0.39 is 6.10 Å². The van der Waals surface area contributed by atoms with E-state index in [9.17, 15) is 9.59 Å². The van der Waals surface area contributed by atoms with Crippen molar-refractivity contribution in [3.05, 3.63) is 109 Å². The Morgan fingerprint density at radius 3 is 1.15 bits per heavy atom. The zero-order chi connectivity index (χ0) is 47.7. The normalized spacial score (nSPS) is 13.1. The molecule has 0 radical (unpaired) electrons. The van der Waals surface area contributed by atoms with E-state index in [1.807, 2.05) is 0 Å². The lowest BCUT2D eigenvalue weighted by Gasteiger charge is -2.18. The molecule has 376 valence electrons. The molecule has 0 bridgehead atoms. The van der Waals surface area contributed by atoms with E-state index in [0.717, 1.165) is 122 Å². The lowest BCUT2D eigenvalue weighted by Crippen LogP contribution is -2.30. The maximum absolute atomic E-state index is 12.8. The molecule has 1 atom stereocenters. The van der Waals surface area contributed by atoms with Gasteiger partial charge in [0.05, 0.1) is 6.61 Å².